The molecule has 2 aliphatic heterocycles. The first-order valence-corrected chi connectivity index (χ1v) is 12.0. The number of carbonyl (C=O) groups is 1. The highest BCUT2D eigenvalue weighted by atomic mass is 19.4. The van der Waals surface area contributed by atoms with Gasteiger partial charge in [0.15, 0.2) is 5.82 Å². The summed E-state index contributed by atoms with van der Waals surface area (Å²) in [6.45, 7) is 4.99. The van der Waals surface area contributed by atoms with E-state index in [1.54, 1.807) is 9.80 Å². The third-order valence-corrected chi connectivity index (χ3v) is 6.73. The number of H-pyrrole nitrogens is 1. The van der Waals surface area contributed by atoms with Crippen molar-refractivity contribution < 1.29 is 22.7 Å². The summed E-state index contributed by atoms with van der Waals surface area (Å²) < 4.78 is 44.1. The molecule has 1 aromatic carbocycles. The quantitative estimate of drug-likeness (QED) is 0.560. The van der Waals surface area contributed by atoms with Crippen LogP contribution in [0, 0.1) is 6.92 Å². The number of morpholine rings is 1. The summed E-state index contributed by atoms with van der Waals surface area (Å²) in [5.41, 5.74) is -0.271. The van der Waals surface area contributed by atoms with Gasteiger partial charge in [0.05, 0.1) is 30.1 Å². The molecule has 3 aromatic rings. The summed E-state index contributed by atoms with van der Waals surface area (Å²) >= 11 is 0. The summed E-state index contributed by atoms with van der Waals surface area (Å²) in [5, 5.41) is 8.23. The average molecular weight is 518 g/mol. The number of anilines is 2. The van der Waals surface area contributed by atoms with Crippen LogP contribution in [0.4, 0.5) is 24.9 Å². The second kappa shape index (κ2) is 9.96. The fourth-order valence-electron chi connectivity index (χ4n) is 4.76. The zero-order chi connectivity index (χ0) is 26.2. The Kier molecular flexibility index (Phi) is 6.71. The number of carbonyl (C=O) groups excluding carboxylic acids is 1. The topological polar surface area (TPSA) is 108 Å². The van der Waals surface area contributed by atoms with E-state index in [9.17, 15) is 22.8 Å². The van der Waals surface area contributed by atoms with Crippen molar-refractivity contribution in [3.63, 3.8) is 0 Å². The van der Waals surface area contributed by atoms with E-state index in [0.717, 1.165) is 23.3 Å². The first-order chi connectivity index (χ1) is 17.7. The van der Waals surface area contributed by atoms with E-state index in [1.807, 2.05) is 30.0 Å². The number of ether oxygens (including phenoxy) is 1. The van der Waals surface area contributed by atoms with Gasteiger partial charge < -0.3 is 19.4 Å². The van der Waals surface area contributed by atoms with E-state index >= 15 is 0 Å². The van der Waals surface area contributed by atoms with Gasteiger partial charge in [0, 0.05) is 57.0 Å². The maximum absolute atomic E-state index is 13.0. The summed E-state index contributed by atoms with van der Waals surface area (Å²) in [6.07, 6.45) is -3.10. The van der Waals surface area contributed by atoms with Crippen LogP contribution in [-0.4, -0.2) is 83.0 Å². The van der Waals surface area contributed by atoms with Gasteiger partial charge in [-0.15, -0.1) is 0 Å². The van der Waals surface area contributed by atoms with Crippen LogP contribution in [0.25, 0.3) is 10.8 Å². The fourth-order valence-corrected chi connectivity index (χ4v) is 4.76. The lowest BCUT2D eigenvalue weighted by Gasteiger charge is -2.37. The number of alkyl halides is 3. The molecule has 2 fully saturated rings. The summed E-state index contributed by atoms with van der Waals surface area (Å²) in [5.74, 6) is 0.807. The number of aromatic amines is 1. The highest BCUT2D eigenvalue weighted by Crippen LogP contribution is 2.29. The largest absolute Gasteiger partial charge is 0.419 e. The Labute approximate surface area is 210 Å². The summed E-state index contributed by atoms with van der Waals surface area (Å²) in [6, 6.07) is 5.64. The van der Waals surface area contributed by atoms with Crippen molar-refractivity contribution in [1.82, 2.24) is 25.1 Å². The zero-order valence-corrected chi connectivity index (χ0v) is 20.2. The standard InChI is InChI=1S/C24H26F3N7O3/c1-15-3-2-4-18-20(15)22(36)31-30-21(18)34-9-10-37-17(14-34)11-19(35)32-5-7-33(8-6-32)23-28-12-16(13-29-23)24(25,26)27/h2-4,12-13,17H,5-11,14H2,1H3,(H,31,36)/t17-/m0/s1. The minimum Gasteiger partial charge on any atom is -0.374 e. The molecule has 4 heterocycles. The molecule has 2 aromatic heterocycles. The Hall–Kier alpha value is -3.74. The van der Waals surface area contributed by atoms with Crippen LogP contribution in [0.2, 0.25) is 0 Å². The predicted octanol–water partition coefficient (Wildman–Crippen LogP) is 1.98. The summed E-state index contributed by atoms with van der Waals surface area (Å²) in [4.78, 5) is 38.5. The number of benzene rings is 1. The molecule has 0 unspecified atom stereocenters. The molecule has 0 aliphatic carbocycles. The minimum absolute atomic E-state index is 0.0602. The van der Waals surface area contributed by atoms with Crippen molar-refractivity contribution >= 4 is 28.4 Å². The molecule has 1 amide bonds. The maximum Gasteiger partial charge on any atom is 0.419 e. The molecule has 10 nitrogen and oxygen atoms in total. The highest BCUT2D eigenvalue weighted by Gasteiger charge is 2.32. The number of nitrogens with one attached hydrogen (secondary N) is 1. The number of aromatic nitrogens is 4. The Morgan fingerprint density at radius 1 is 1.11 bits per heavy atom. The molecular weight excluding hydrogens is 491 g/mol. The number of rotatable bonds is 4. The van der Waals surface area contributed by atoms with Gasteiger partial charge in [-0.2, -0.15) is 18.3 Å². The van der Waals surface area contributed by atoms with E-state index in [4.69, 9.17) is 4.74 Å². The molecule has 0 saturated carbocycles. The SMILES string of the molecule is Cc1cccc2c(N3CCO[C@@H](CC(=O)N4CCN(c5ncc(C(F)(F)F)cn5)CC4)C3)n[nH]c(=O)c12. The molecular formula is C24H26F3N7O3. The van der Waals surface area contributed by atoms with Crippen molar-refractivity contribution in [2.75, 3.05) is 55.7 Å². The monoisotopic (exact) mass is 517 g/mol. The number of nitrogens with zero attached hydrogens (tertiary/aromatic N) is 6. The molecule has 196 valence electrons. The second-order valence-electron chi connectivity index (χ2n) is 9.15. The lowest BCUT2D eigenvalue weighted by atomic mass is 10.1. The number of amides is 1. The third-order valence-electron chi connectivity index (χ3n) is 6.73. The smallest absolute Gasteiger partial charge is 0.374 e. The van der Waals surface area contributed by atoms with Gasteiger partial charge in [0.1, 0.15) is 0 Å². The average Bonchev–Trinajstić information content (AvgIpc) is 2.89. The van der Waals surface area contributed by atoms with Gasteiger partial charge >= 0.3 is 6.18 Å². The molecule has 13 heteroatoms. The van der Waals surface area contributed by atoms with Crippen molar-refractivity contribution in [3.8, 4) is 0 Å². The predicted molar refractivity (Wildman–Crippen MR) is 129 cm³/mol. The van der Waals surface area contributed by atoms with E-state index < -0.39 is 11.7 Å². The van der Waals surface area contributed by atoms with Crippen LogP contribution in [0.5, 0.6) is 0 Å². The highest BCUT2D eigenvalue weighted by molar-refractivity contribution is 5.93. The van der Waals surface area contributed by atoms with E-state index in [0.29, 0.717) is 57.1 Å². The summed E-state index contributed by atoms with van der Waals surface area (Å²) in [7, 11) is 0. The molecule has 1 atom stereocenters. The van der Waals surface area contributed by atoms with Crippen LogP contribution in [0.15, 0.2) is 35.4 Å². The van der Waals surface area contributed by atoms with Crippen LogP contribution < -0.4 is 15.4 Å². The lowest BCUT2D eigenvalue weighted by Crippen LogP contribution is -2.51. The number of piperazine rings is 1. The number of hydrogen-bond acceptors (Lipinski definition) is 8. The minimum atomic E-state index is -4.49. The van der Waals surface area contributed by atoms with Gasteiger partial charge in [-0.05, 0) is 12.5 Å². The maximum atomic E-state index is 13.0. The Balaban J connectivity index is 1.19. The first-order valence-electron chi connectivity index (χ1n) is 12.0. The first kappa shape index (κ1) is 24.9. The Morgan fingerprint density at radius 2 is 1.84 bits per heavy atom. The van der Waals surface area contributed by atoms with Crippen LogP contribution in [0.3, 0.4) is 0 Å². The van der Waals surface area contributed by atoms with Crippen molar-refractivity contribution in [2.24, 2.45) is 0 Å². The van der Waals surface area contributed by atoms with Crippen molar-refractivity contribution in [2.45, 2.75) is 25.6 Å². The molecule has 0 radical (unpaired) electrons. The van der Waals surface area contributed by atoms with E-state index in [2.05, 4.69) is 20.2 Å². The molecule has 37 heavy (non-hydrogen) atoms. The van der Waals surface area contributed by atoms with Crippen LogP contribution in [-0.2, 0) is 15.7 Å². The van der Waals surface area contributed by atoms with E-state index in [-0.39, 0.29) is 29.9 Å². The van der Waals surface area contributed by atoms with Gasteiger partial charge in [0.25, 0.3) is 5.56 Å². The van der Waals surface area contributed by atoms with Gasteiger partial charge in [-0.3, -0.25) is 9.59 Å². The number of fused-ring (bicyclic) bond motifs is 1. The third kappa shape index (κ3) is 5.22. The number of aryl methyl sites for hydroxylation is 1. The zero-order valence-electron chi connectivity index (χ0n) is 20.2. The van der Waals surface area contributed by atoms with Crippen LogP contribution >= 0.6 is 0 Å². The number of halogens is 3. The van der Waals surface area contributed by atoms with Gasteiger partial charge in [0.2, 0.25) is 11.9 Å². The van der Waals surface area contributed by atoms with Gasteiger partial charge in [-0.25, -0.2) is 15.1 Å². The fraction of sp³-hybridized carbons (Fsp3) is 0.458. The Bertz CT molecular complexity index is 1340. The lowest BCUT2D eigenvalue weighted by molar-refractivity contribution is -0.138. The second-order valence-corrected chi connectivity index (χ2v) is 9.15. The molecule has 0 spiro atoms. The van der Waals surface area contributed by atoms with Crippen molar-refractivity contribution in [1.29, 1.82) is 0 Å². The molecule has 1 N–H and O–H groups in total. The van der Waals surface area contributed by atoms with Gasteiger partial charge in [-0.1, -0.05) is 18.2 Å². The number of hydrogen-bond donors (Lipinski definition) is 1. The molecule has 0 bridgehead atoms. The molecule has 2 aliphatic rings. The van der Waals surface area contributed by atoms with E-state index in [1.165, 1.54) is 0 Å². The van der Waals surface area contributed by atoms with Crippen LogP contribution in [0.1, 0.15) is 17.5 Å². The Morgan fingerprint density at radius 3 is 2.54 bits per heavy atom. The molecule has 2 saturated heterocycles. The molecule has 5 rings (SSSR count). The van der Waals surface area contributed by atoms with Crippen molar-refractivity contribution in [3.05, 3.63) is 52.1 Å². The normalized spacial score (nSPS) is 18.9.